The molecule has 162 valence electrons. The molecule has 3 aliphatic heterocycles. The van der Waals surface area contributed by atoms with Crippen molar-refractivity contribution in [3.63, 3.8) is 0 Å². The lowest BCUT2D eigenvalue weighted by Gasteiger charge is -2.46. The van der Waals surface area contributed by atoms with Crippen molar-refractivity contribution < 1.29 is 9.59 Å². The van der Waals surface area contributed by atoms with E-state index in [9.17, 15) is 9.59 Å². The van der Waals surface area contributed by atoms with E-state index in [4.69, 9.17) is 0 Å². The number of imide groups is 1. The number of hydrogen-bond donors (Lipinski definition) is 1. The summed E-state index contributed by atoms with van der Waals surface area (Å²) in [7, 11) is 1.78. The summed E-state index contributed by atoms with van der Waals surface area (Å²) in [6, 6.07) is 17.2. The molecule has 3 amide bonds. The SMILES string of the molecule is CC1CN(c2ccc(Br)cc2)C2NC3C(C(=O)N(Cc4ccccc4)C(=O)N3C)N2C1. The number of carbonyl (C=O) groups is 2. The van der Waals surface area contributed by atoms with E-state index in [0.29, 0.717) is 5.92 Å². The standard InChI is InChI=1S/C23H26BrN5O2/c1-15-12-27(18-10-8-17(24)9-11-18)22-25-20-19(28(22)13-15)21(30)29(23(31)26(20)2)14-16-6-4-3-5-7-16/h3-11,15,19-20,22,25H,12-14H2,1-2H3. The number of anilines is 1. The molecule has 2 aromatic rings. The average molecular weight is 484 g/mol. The monoisotopic (exact) mass is 483 g/mol. The second-order valence-electron chi connectivity index (χ2n) is 8.66. The number of carbonyl (C=O) groups excluding carboxylic acids is 2. The Morgan fingerprint density at radius 1 is 1.03 bits per heavy atom. The van der Waals surface area contributed by atoms with Crippen LogP contribution in [0, 0.1) is 5.92 Å². The van der Waals surface area contributed by atoms with Crippen LogP contribution in [0.1, 0.15) is 12.5 Å². The minimum Gasteiger partial charge on any atom is -0.343 e. The Labute approximate surface area is 190 Å². The molecule has 3 heterocycles. The highest BCUT2D eigenvalue weighted by atomic mass is 79.9. The number of hydrogen-bond acceptors (Lipinski definition) is 5. The number of halogens is 1. The topological polar surface area (TPSA) is 59.1 Å². The maximum absolute atomic E-state index is 13.6. The maximum atomic E-state index is 13.6. The summed E-state index contributed by atoms with van der Waals surface area (Å²) in [6.45, 7) is 4.18. The Kier molecular flexibility index (Phi) is 5.24. The van der Waals surface area contributed by atoms with Crippen molar-refractivity contribution in [3.05, 3.63) is 64.6 Å². The third-order valence-electron chi connectivity index (χ3n) is 6.43. The lowest BCUT2D eigenvalue weighted by atomic mass is 10.0. The van der Waals surface area contributed by atoms with E-state index in [2.05, 4.69) is 50.1 Å². The third-order valence-corrected chi connectivity index (χ3v) is 6.96. The summed E-state index contributed by atoms with van der Waals surface area (Å²) >= 11 is 3.50. The first-order valence-corrected chi connectivity index (χ1v) is 11.4. The van der Waals surface area contributed by atoms with Crippen molar-refractivity contribution in [3.8, 4) is 0 Å². The van der Waals surface area contributed by atoms with Gasteiger partial charge in [0.1, 0.15) is 18.5 Å². The fraction of sp³-hybridized carbons (Fsp3) is 0.391. The van der Waals surface area contributed by atoms with Gasteiger partial charge >= 0.3 is 6.03 Å². The number of likely N-dealkylation sites (N-methyl/N-ethyl adjacent to an activating group) is 1. The van der Waals surface area contributed by atoms with Crippen LogP contribution in [0.15, 0.2) is 59.1 Å². The van der Waals surface area contributed by atoms with E-state index in [1.54, 1.807) is 11.9 Å². The van der Waals surface area contributed by atoms with Gasteiger partial charge in [-0.1, -0.05) is 53.2 Å². The van der Waals surface area contributed by atoms with Crippen LogP contribution in [-0.4, -0.2) is 65.3 Å². The van der Waals surface area contributed by atoms with Gasteiger partial charge in [-0.3, -0.25) is 19.9 Å². The normalized spacial score (nSPS) is 28.7. The van der Waals surface area contributed by atoms with Crippen molar-refractivity contribution in [2.75, 3.05) is 25.0 Å². The average Bonchev–Trinajstić information content (AvgIpc) is 3.15. The van der Waals surface area contributed by atoms with Crippen LogP contribution in [0.4, 0.5) is 10.5 Å². The van der Waals surface area contributed by atoms with Gasteiger partial charge in [-0.25, -0.2) is 4.79 Å². The van der Waals surface area contributed by atoms with Crippen LogP contribution in [0.5, 0.6) is 0 Å². The molecule has 3 aliphatic rings. The number of fused-ring (bicyclic) bond motifs is 3. The molecule has 0 spiro atoms. The summed E-state index contributed by atoms with van der Waals surface area (Å²) < 4.78 is 1.03. The molecular formula is C23H26BrN5O2. The third kappa shape index (κ3) is 3.52. The molecule has 8 heteroatoms. The van der Waals surface area contributed by atoms with Crippen molar-refractivity contribution in [2.24, 2.45) is 5.92 Å². The number of benzene rings is 2. The van der Waals surface area contributed by atoms with Gasteiger partial charge in [-0.05, 0) is 35.7 Å². The van der Waals surface area contributed by atoms with Gasteiger partial charge in [0.15, 0.2) is 0 Å². The fourth-order valence-corrected chi connectivity index (χ4v) is 5.23. The van der Waals surface area contributed by atoms with Gasteiger partial charge in [0.25, 0.3) is 5.91 Å². The smallest absolute Gasteiger partial charge is 0.328 e. The minimum atomic E-state index is -0.405. The van der Waals surface area contributed by atoms with Crippen molar-refractivity contribution in [1.29, 1.82) is 0 Å². The largest absolute Gasteiger partial charge is 0.343 e. The van der Waals surface area contributed by atoms with Gasteiger partial charge in [-0.2, -0.15) is 0 Å². The van der Waals surface area contributed by atoms with Gasteiger partial charge in [0, 0.05) is 30.3 Å². The molecule has 5 rings (SSSR count). The fourth-order valence-electron chi connectivity index (χ4n) is 4.96. The molecule has 3 saturated heterocycles. The zero-order valence-electron chi connectivity index (χ0n) is 17.6. The highest BCUT2D eigenvalue weighted by Gasteiger charge is 2.56. The molecule has 31 heavy (non-hydrogen) atoms. The number of urea groups is 1. The van der Waals surface area contributed by atoms with E-state index in [-0.39, 0.29) is 30.9 Å². The van der Waals surface area contributed by atoms with E-state index in [1.807, 2.05) is 42.5 Å². The van der Waals surface area contributed by atoms with Crippen LogP contribution in [-0.2, 0) is 11.3 Å². The zero-order valence-corrected chi connectivity index (χ0v) is 19.2. The van der Waals surface area contributed by atoms with Gasteiger partial charge in [0.2, 0.25) is 0 Å². The highest BCUT2D eigenvalue weighted by Crippen LogP contribution is 2.35. The highest BCUT2D eigenvalue weighted by molar-refractivity contribution is 9.10. The quantitative estimate of drug-likeness (QED) is 0.727. The van der Waals surface area contributed by atoms with E-state index in [0.717, 1.165) is 28.8 Å². The molecule has 0 aromatic heterocycles. The Morgan fingerprint density at radius 3 is 2.45 bits per heavy atom. The van der Waals surface area contributed by atoms with E-state index in [1.165, 1.54) is 4.90 Å². The number of rotatable bonds is 3. The Morgan fingerprint density at radius 2 is 1.74 bits per heavy atom. The Hall–Kier alpha value is -2.42. The summed E-state index contributed by atoms with van der Waals surface area (Å²) in [5.41, 5.74) is 2.04. The second kappa shape index (κ2) is 7.93. The summed E-state index contributed by atoms with van der Waals surface area (Å²) in [6.07, 6.45) is -0.483. The Balaban J connectivity index is 1.46. The molecule has 0 radical (unpaired) electrons. The molecular weight excluding hydrogens is 458 g/mol. The van der Waals surface area contributed by atoms with Gasteiger partial charge in [0.05, 0.1) is 6.54 Å². The van der Waals surface area contributed by atoms with Crippen molar-refractivity contribution in [2.45, 2.75) is 32.0 Å². The van der Waals surface area contributed by atoms with E-state index < -0.39 is 6.04 Å². The first-order chi connectivity index (χ1) is 14.9. The maximum Gasteiger partial charge on any atom is 0.328 e. The van der Waals surface area contributed by atoms with Crippen LogP contribution in [0.3, 0.4) is 0 Å². The summed E-state index contributed by atoms with van der Waals surface area (Å²) in [5.74, 6) is 0.260. The number of amides is 3. The second-order valence-corrected chi connectivity index (χ2v) is 9.58. The Bertz CT molecular complexity index is 985. The first kappa shape index (κ1) is 20.5. The predicted octanol–water partition coefficient (Wildman–Crippen LogP) is 2.88. The van der Waals surface area contributed by atoms with Crippen LogP contribution < -0.4 is 10.2 Å². The summed E-state index contributed by atoms with van der Waals surface area (Å²) in [4.78, 5) is 34.3. The molecule has 7 nitrogen and oxygen atoms in total. The van der Waals surface area contributed by atoms with Gasteiger partial charge < -0.3 is 9.80 Å². The van der Waals surface area contributed by atoms with Crippen LogP contribution in [0.2, 0.25) is 0 Å². The molecule has 4 unspecified atom stereocenters. The molecule has 0 aliphatic carbocycles. The van der Waals surface area contributed by atoms with Crippen molar-refractivity contribution >= 4 is 33.6 Å². The predicted molar refractivity (Wildman–Crippen MR) is 122 cm³/mol. The lowest BCUT2D eigenvalue weighted by Crippen LogP contribution is -2.66. The molecule has 4 atom stereocenters. The van der Waals surface area contributed by atoms with Crippen LogP contribution >= 0.6 is 15.9 Å². The number of nitrogens with zero attached hydrogens (tertiary/aromatic N) is 4. The zero-order chi connectivity index (χ0) is 21.7. The molecule has 1 N–H and O–H groups in total. The summed E-state index contributed by atoms with van der Waals surface area (Å²) in [5, 5.41) is 3.57. The first-order valence-electron chi connectivity index (χ1n) is 10.6. The number of nitrogens with one attached hydrogen (secondary N) is 1. The van der Waals surface area contributed by atoms with Crippen molar-refractivity contribution in [1.82, 2.24) is 20.0 Å². The molecule has 2 aromatic carbocycles. The van der Waals surface area contributed by atoms with Crippen LogP contribution in [0.25, 0.3) is 0 Å². The van der Waals surface area contributed by atoms with E-state index >= 15 is 0 Å². The lowest BCUT2D eigenvalue weighted by molar-refractivity contribution is -0.139. The minimum absolute atomic E-state index is 0.128. The molecule has 3 fully saturated rings. The molecule has 0 saturated carbocycles. The molecule has 0 bridgehead atoms. The van der Waals surface area contributed by atoms with Gasteiger partial charge in [-0.15, -0.1) is 0 Å².